The van der Waals surface area contributed by atoms with Gasteiger partial charge < -0.3 is 15.1 Å². The second kappa shape index (κ2) is 7.82. The van der Waals surface area contributed by atoms with Crippen LogP contribution in [0.5, 0.6) is 0 Å². The Labute approximate surface area is 174 Å². The first kappa shape index (κ1) is 19.4. The lowest BCUT2D eigenvalue weighted by atomic mass is 10.2. The Balaban J connectivity index is 1.48. The highest BCUT2D eigenvalue weighted by Gasteiger charge is 2.18. The van der Waals surface area contributed by atoms with Gasteiger partial charge in [-0.05, 0) is 36.4 Å². The molecule has 0 aliphatic heterocycles. The van der Waals surface area contributed by atoms with Crippen molar-refractivity contribution in [2.24, 2.45) is 0 Å². The third-order valence-electron chi connectivity index (χ3n) is 3.80. The van der Waals surface area contributed by atoms with Gasteiger partial charge in [0.15, 0.2) is 5.58 Å². The molecular weight excluding hydrogens is 436 g/mol. The van der Waals surface area contributed by atoms with Gasteiger partial charge in [0, 0.05) is 5.56 Å². The standard InChI is InChI=1S/C18H13ClN4O4S2/c19-13-7-9-15(28-13)29(25,26)10-20-18-23-16-12(27-18)6-8-14(21-16)22-17(24)11-4-2-1-3-5-11/h1-9H,10H2,(H2,20,21,22,23,24). The van der Waals surface area contributed by atoms with Crippen LogP contribution < -0.4 is 10.6 Å². The van der Waals surface area contributed by atoms with E-state index in [0.717, 1.165) is 11.3 Å². The maximum atomic E-state index is 12.3. The Kier molecular flexibility index (Phi) is 5.22. The highest BCUT2D eigenvalue weighted by Crippen LogP contribution is 2.27. The summed E-state index contributed by atoms with van der Waals surface area (Å²) in [4.78, 5) is 20.6. The maximum Gasteiger partial charge on any atom is 0.298 e. The molecule has 1 amide bonds. The first-order valence-electron chi connectivity index (χ1n) is 8.27. The first-order valence-corrected chi connectivity index (χ1v) is 11.1. The number of carbonyl (C=O) groups excluding carboxylic acids is 1. The van der Waals surface area contributed by atoms with Gasteiger partial charge in [0.05, 0.1) is 4.34 Å². The number of nitrogens with one attached hydrogen (secondary N) is 2. The highest BCUT2D eigenvalue weighted by atomic mass is 35.5. The van der Waals surface area contributed by atoms with Crippen molar-refractivity contribution in [1.29, 1.82) is 0 Å². The largest absolute Gasteiger partial charge is 0.422 e. The summed E-state index contributed by atoms with van der Waals surface area (Å²) in [7, 11) is -3.58. The second-order valence-corrected chi connectivity index (χ2v) is 9.78. The molecule has 2 N–H and O–H groups in total. The van der Waals surface area contributed by atoms with Crippen molar-refractivity contribution in [2.45, 2.75) is 4.21 Å². The Hall–Kier alpha value is -2.95. The van der Waals surface area contributed by atoms with E-state index < -0.39 is 15.7 Å². The van der Waals surface area contributed by atoms with Crippen LogP contribution in [0.3, 0.4) is 0 Å². The molecule has 1 aromatic carbocycles. The van der Waals surface area contributed by atoms with Crippen LogP contribution in [0.15, 0.2) is 63.2 Å². The Bertz CT molecular complexity index is 1290. The lowest BCUT2D eigenvalue weighted by Crippen LogP contribution is -2.13. The Morgan fingerprint density at radius 3 is 2.59 bits per heavy atom. The quantitative estimate of drug-likeness (QED) is 0.457. The minimum atomic E-state index is -3.58. The predicted molar refractivity (Wildman–Crippen MR) is 111 cm³/mol. The van der Waals surface area contributed by atoms with Crippen LogP contribution in [0.25, 0.3) is 11.2 Å². The zero-order chi connectivity index (χ0) is 20.4. The number of thiophene rings is 1. The second-order valence-electron chi connectivity index (χ2n) is 5.85. The molecule has 4 rings (SSSR count). The topological polar surface area (TPSA) is 114 Å². The van der Waals surface area contributed by atoms with Crippen LogP contribution >= 0.6 is 22.9 Å². The molecule has 3 heterocycles. The number of hydrogen-bond acceptors (Lipinski definition) is 8. The van der Waals surface area contributed by atoms with E-state index in [1.165, 1.54) is 12.1 Å². The monoisotopic (exact) mass is 448 g/mol. The number of carbonyl (C=O) groups is 1. The van der Waals surface area contributed by atoms with Crippen molar-refractivity contribution in [2.75, 3.05) is 16.5 Å². The van der Waals surface area contributed by atoms with E-state index in [1.54, 1.807) is 36.4 Å². The molecule has 0 fully saturated rings. The van der Waals surface area contributed by atoms with Crippen LogP contribution in [0, 0.1) is 0 Å². The molecule has 11 heteroatoms. The van der Waals surface area contributed by atoms with Gasteiger partial charge in [0.2, 0.25) is 15.5 Å². The van der Waals surface area contributed by atoms with Gasteiger partial charge >= 0.3 is 0 Å². The van der Waals surface area contributed by atoms with Gasteiger partial charge in [-0.1, -0.05) is 29.8 Å². The van der Waals surface area contributed by atoms with Crippen molar-refractivity contribution < 1.29 is 17.6 Å². The van der Waals surface area contributed by atoms with E-state index in [1.807, 2.05) is 6.07 Å². The van der Waals surface area contributed by atoms with Gasteiger partial charge in [0.25, 0.3) is 11.9 Å². The van der Waals surface area contributed by atoms with E-state index in [9.17, 15) is 13.2 Å². The molecule has 29 heavy (non-hydrogen) atoms. The number of nitrogens with zero attached hydrogens (tertiary/aromatic N) is 2. The summed E-state index contributed by atoms with van der Waals surface area (Å²) in [6.07, 6.45) is 0. The van der Waals surface area contributed by atoms with Crippen molar-refractivity contribution >= 4 is 61.7 Å². The van der Waals surface area contributed by atoms with Gasteiger partial charge in [-0.25, -0.2) is 13.4 Å². The number of rotatable bonds is 6. The van der Waals surface area contributed by atoms with E-state index in [-0.39, 0.29) is 21.8 Å². The number of aromatic nitrogens is 2. The summed E-state index contributed by atoms with van der Waals surface area (Å²) in [6, 6.07) is 14.9. The number of anilines is 2. The van der Waals surface area contributed by atoms with Crippen molar-refractivity contribution in [3.05, 3.63) is 64.5 Å². The molecule has 0 aliphatic rings. The normalized spacial score (nSPS) is 11.5. The molecule has 4 aromatic rings. The van der Waals surface area contributed by atoms with Gasteiger partial charge in [-0.2, -0.15) is 4.98 Å². The molecule has 3 aromatic heterocycles. The van der Waals surface area contributed by atoms with Crippen molar-refractivity contribution in [3.8, 4) is 0 Å². The minimum Gasteiger partial charge on any atom is -0.422 e. The molecule has 0 spiro atoms. The number of halogens is 1. The summed E-state index contributed by atoms with van der Waals surface area (Å²) in [5.41, 5.74) is 1.08. The third-order valence-corrected chi connectivity index (χ3v) is 7.11. The number of pyridine rings is 1. The smallest absolute Gasteiger partial charge is 0.298 e. The summed E-state index contributed by atoms with van der Waals surface area (Å²) < 4.78 is 30.6. The number of amides is 1. The average Bonchev–Trinajstić information content (AvgIpc) is 3.33. The number of hydrogen-bond donors (Lipinski definition) is 2. The molecule has 0 atom stereocenters. The van der Waals surface area contributed by atoms with Gasteiger partial charge in [-0.3, -0.25) is 4.79 Å². The number of sulfone groups is 1. The van der Waals surface area contributed by atoms with Crippen molar-refractivity contribution in [1.82, 2.24) is 9.97 Å². The van der Waals surface area contributed by atoms with Crippen molar-refractivity contribution in [3.63, 3.8) is 0 Å². The maximum absolute atomic E-state index is 12.3. The third kappa shape index (κ3) is 4.39. The lowest BCUT2D eigenvalue weighted by Gasteiger charge is -2.03. The van der Waals surface area contributed by atoms with Crippen LogP contribution in [0.4, 0.5) is 11.8 Å². The van der Waals surface area contributed by atoms with E-state index in [4.69, 9.17) is 16.0 Å². The molecule has 0 unspecified atom stereocenters. The summed E-state index contributed by atoms with van der Waals surface area (Å²) in [5.74, 6) is -0.416. The molecular formula is C18H13ClN4O4S2. The molecule has 8 nitrogen and oxygen atoms in total. The zero-order valence-corrected chi connectivity index (χ0v) is 17.0. The molecule has 0 aliphatic carbocycles. The van der Waals surface area contributed by atoms with Crippen LogP contribution in [0.1, 0.15) is 10.4 Å². The predicted octanol–water partition coefficient (Wildman–Crippen LogP) is 4.03. The SMILES string of the molecule is O=C(Nc1ccc2oc(NCS(=O)(=O)c3ccc(Cl)s3)nc2n1)c1ccccc1. The van der Waals surface area contributed by atoms with Gasteiger partial charge in [-0.15, -0.1) is 11.3 Å². The van der Waals surface area contributed by atoms with E-state index >= 15 is 0 Å². The van der Waals surface area contributed by atoms with Crippen LogP contribution in [-0.2, 0) is 9.84 Å². The number of benzene rings is 1. The molecule has 0 radical (unpaired) electrons. The average molecular weight is 449 g/mol. The lowest BCUT2D eigenvalue weighted by molar-refractivity contribution is 0.102. The number of fused-ring (bicyclic) bond motifs is 1. The molecule has 148 valence electrons. The molecule has 0 saturated heterocycles. The van der Waals surface area contributed by atoms with Gasteiger partial charge in [0.1, 0.15) is 15.9 Å². The molecule has 0 saturated carbocycles. The fourth-order valence-corrected chi connectivity index (χ4v) is 5.03. The molecule has 0 bridgehead atoms. The first-order chi connectivity index (χ1) is 13.9. The summed E-state index contributed by atoms with van der Waals surface area (Å²) in [5, 5.41) is 5.32. The highest BCUT2D eigenvalue weighted by molar-refractivity contribution is 7.93. The Morgan fingerprint density at radius 1 is 1.07 bits per heavy atom. The number of oxazole rings is 1. The zero-order valence-electron chi connectivity index (χ0n) is 14.6. The van der Waals surface area contributed by atoms with Crippen LogP contribution in [0.2, 0.25) is 4.34 Å². The minimum absolute atomic E-state index is 0.00487. The van der Waals surface area contributed by atoms with E-state index in [0.29, 0.717) is 21.3 Å². The fourth-order valence-electron chi connectivity index (χ4n) is 2.43. The van der Waals surface area contributed by atoms with E-state index in [2.05, 4.69) is 20.6 Å². The summed E-state index contributed by atoms with van der Waals surface area (Å²) >= 11 is 6.77. The fraction of sp³-hybridized carbons (Fsp3) is 0.0556. The summed E-state index contributed by atoms with van der Waals surface area (Å²) in [6.45, 7) is 0. The Morgan fingerprint density at radius 2 is 1.86 bits per heavy atom. The van der Waals surface area contributed by atoms with Crippen LogP contribution in [-0.4, -0.2) is 30.2 Å².